The van der Waals surface area contributed by atoms with E-state index in [0.717, 1.165) is 5.82 Å². The number of aromatic nitrogens is 3. The highest BCUT2D eigenvalue weighted by Crippen LogP contribution is 2.14. The number of halogens is 1. The molecule has 0 amide bonds. The molecule has 0 aromatic carbocycles. The maximum atomic E-state index is 3.90. The molecule has 0 aliphatic carbocycles. The first-order valence-electron chi connectivity index (χ1n) is 2.30. The lowest BCUT2D eigenvalue weighted by molar-refractivity contribution is 0.939. The molecule has 8 heavy (non-hydrogen) atoms. The number of nitrogens with zero attached hydrogens (tertiary/aromatic N) is 2. The van der Waals surface area contributed by atoms with Crippen molar-refractivity contribution in [3.05, 3.63) is 12.2 Å². The standard InChI is InChI=1S/C4H6BrN3/c1-3(5)4-6-2-7-8-4/h2-3H,1H3,(H,6,7,8). The minimum absolute atomic E-state index is 0.269. The summed E-state index contributed by atoms with van der Waals surface area (Å²) in [4.78, 5) is 4.17. The molecule has 3 nitrogen and oxygen atoms in total. The van der Waals surface area contributed by atoms with E-state index in [4.69, 9.17) is 0 Å². The highest BCUT2D eigenvalue weighted by atomic mass is 79.9. The topological polar surface area (TPSA) is 41.6 Å². The minimum Gasteiger partial charge on any atom is -0.262 e. The van der Waals surface area contributed by atoms with Crippen molar-refractivity contribution in [3.63, 3.8) is 0 Å². The summed E-state index contributed by atoms with van der Waals surface area (Å²) >= 11 is 3.33. The molecule has 1 unspecified atom stereocenters. The zero-order valence-electron chi connectivity index (χ0n) is 4.43. The molecular weight excluding hydrogens is 170 g/mol. The smallest absolute Gasteiger partial charge is 0.137 e. The lowest BCUT2D eigenvalue weighted by Crippen LogP contribution is -1.84. The van der Waals surface area contributed by atoms with Crippen LogP contribution in [0.15, 0.2) is 6.33 Å². The molecule has 0 aliphatic rings. The Morgan fingerprint density at radius 1 is 1.88 bits per heavy atom. The van der Waals surface area contributed by atoms with Crippen LogP contribution in [0, 0.1) is 0 Å². The lowest BCUT2D eigenvalue weighted by atomic mass is 10.5. The van der Waals surface area contributed by atoms with Crippen molar-refractivity contribution >= 4 is 15.9 Å². The molecule has 0 saturated carbocycles. The summed E-state index contributed by atoms with van der Waals surface area (Å²) in [5.74, 6) is 0.866. The molecule has 44 valence electrons. The van der Waals surface area contributed by atoms with Crippen molar-refractivity contribution in [3.8, 4) is 0 Å². The van der Waals surface area contributed by atoms with Crippen molar-refractivity contribution in [1.29, 1.82) is 0 Å². The largest absolute Gasteiger partial charge is 0.262 e. The fraction of sp³-hybridized carbons (Fsp3) is 0.500. The number of aromatic amines is 1. The third kappa shape index (κ3) is 1.06. The maximum Gasteiger partial charge on any atom is 0.137 e. The summed E-state index contributed by atoms with van der Waals surface area (Å²) < 4.78 is 0. The summed E-state index contributed by atoms with van der Waals surface area (Å²) in [6.45, 7) is 1.99. The number of rotatable bonds is 1. The molecule has 4 heteroatoms. The molecular formula is C4H6BrN3. The van der Waals surface area contributed by atoms with Gasteiger partial charge < -0.3 is 0 Å². The first kappa shape index (κ1) is 5.75. The van der Waals surface area contributed by atoms with E-state index < -0.39 is 0 Å². The number of hydrogen-bond acceptors (Lipinski definition) is 2. The zero-order chi connectivity index (χ0) is 5.98. The Kier molecular flexibility index (Phi) is 1.62. The van der Waals surface area contributed by atoms with E-state index in [1.165, 1.54) is 6.33 Å². The Hall–Kier alpha value is -0.380. The van der Waals surface area contributed by atoms with Gasteiger partial charge in [0.25, 0.3) is 0 Å². The van der Waals surface area contributed by atoms with Crippen molar-refractivity contribution in [2.75, 3.05) is 0 Å². The summed E-state index contributed by atoms with van der Waals surface area (Å²) in [6.07, 6.45) is 1.49. The third-order valence-electron chi connectivity index (χ3n) is 0.810. The zero-order valence-corrected chi connectivity index (χ0v) is 6.01. The van der Waals surface area contributed by atoms with Crippen LogP contribution in [0.25, 0.3) is 0 Å². The van der Waals surface area contributed by atoms with E-state index in [1.807, 2.05) is 6.92 Å². The molecule has 1 aromatic heterocycles. The second-order valence-electron chi connectivity index (χ2n) is 1.49. The molecule has 1 aromatic rings. The number of alkyl halides is 1. The molecule has 1 heterocycles. The van der Waals surface area contributed by atoms with Gasteiger partial charge in [0.1, 0.15) is 12.2 Å². The highest BCUT2D eigenvalue weighted by Gasteiger charge is 2.00. The molecule has 0 bridgehead atoms. The SMILES string of the molecule is CC(Br)c1ncn[nH]1. The summed E-state index contributed by atoms with van der Waals surface area (Å²) in [5, 5.41) is 6.41. The van der Waals surface area contributed by atoms with Crippen LogP contribution in [0.2, 0.25) is 0 Å². The average Bonchev–Trinajstić information content (AvgIpc) is 2.12. The van der Waals surface area contributed by atoms with Crippen LogP contribution in [0.1, 0.15) is 17.6 Å². The average molecular weight is 176 g/mol. The van der Waals surface area contributed by atoms with Gasteiger partial charge >= 0.3 is 0 Å². The van der Waals surface area contributed by atoms with Gasteiger partial charge in [-0.2, -0.15) is 5.10 Å². The number of H-pyrrole nitrogens is 1. The van der Waals surface area contributed by atoms with Gasteiger partial charge in [-0.05, 0) is 6.92 Å². The van der Waals surface area contributed by atoms with E-state index >= 15 is 0 Å². The monoisotopic (exact) mass is 175 g/mol. The molecule has 0 spiro atoms. The molecule has 1 N–H and O–H groups in total. The Morgan fingerprint density at radius 2 is 2.62 bits per heavy atom. The molecule has 0 fully saturated rings. The van der Waals surface area contributed by atoms with Gasteiger partial charge in [-0.25, -0.2) is 4.98 Å². The van der Waals surface area contributed by atoms with Crippen LogP contribution in [0.3, 0.4) is 0 Å². The van der Waals surface area contributed by atoms with Crippen molar-refractivity contribution < 1.29 is 0 Å². The van der Waals surface area contributed by atoms with E-state index in [1.54, 1.807) is 0 Å². The predicted octanol–water partition coefficient (Wildman–Crippen LogP) is 1.26. The number of nitrogens with one attached hydrogen (secondary N) is 1. The first-order chi connectivity index (χ1) is 3.80. The Bertz CT molecular complexity index is 146. The van der Waals surface area contributed by atoms with Crippen molar-refractivity contribution in [2.45, 2.75) is 11.8 Å². The fourth-order valence-corrected chi connectivity index (χ4v) is 0.627. The highest BCUT2D eigenvalue weighted by molar-refractivity contribution is 9.09. The van der Waals surface area contributed by atoms with Crippen LogP contribution >= 0.6 is 15.9 Å². The minimum atomic E-state index is 0.269. The summed E-state index contributed by atoms with van der Waals surface area (Å²) in [7, 11) is 0. The van der Waals surface area contributed by atoms with Gasteiger partial charge in [0.05, 0.1) is 4.83 Å². The number of hydrogen-bond donors (Lipinski definition) is 1. The molecule has 0 radical (unpaired) electrons. The van der Waals surface area contributed by atoms with Crippen LogP contribution in [0.5, 0.6) is 0 Å². The molecule has 1 atom stereocenters. The van der Waals surface area contributed by atoms with Gasteiger partial charge in [0.2, 0.25) is 0 Å². The van der Waals surface area contributed by atoms with Gasteiger partial charge in [-0.1, -0.05) is 15.9 Å². The van der Waals surface area contributed by atoms with E-state index in [2.05, 4.69) is 31.1 Å². The molecule has 1 rings (SSSR count). The lowest BCUT2D eigenvalue weighted by Gasteiger charge is -1.91. The maximum absolute atomic E-state index is 3.90. The van der Waals surface area contributed by atoms with Crippen molar-refractivity contribution in [2.24, 2.45) is 0 Å². The van der Waals surface area contributed by atoms with E-state index in [0.29, 0.717) is 0 Å². The van der Waals surface area contributed by atoms with Crippen LogP contribution in [-0.4, -0.2) is 15.2 Å². The Balaban J connectivity index is 2.77. The normalized spacial score (nSPS) is 13.8. The fourth-order valence-electron chi connectivity index (χ4n) is 0.407. The molecule has 0 aliphatic heterocycles. The van der Waals surface area contributed by atoms with E-state index in [-0.39, 0.29) is 4.83 Å². The van der Waals surface area contributed by atoms with Gasteiger partial charge in [-0.3, -0.25) is 5.10 Å². The van der Waals surface area contributed by atoms with Gasteiger partial charge in [0, 0.05) is 0 Å². The third-order valence-corrected chi connectivity index (χ3v) is 1.24. The van der Waals surface area contributed by atoms with Gasteiger partial charge in [-0.15, -0.1) is 0 Å². The Morgan fingerprint density at radius 3 is 2.88 bits per heavy atom. The Labute approximate surface area is 55.6 Å². The van der Waals surface area contributed by atoms with Crippen LogP contribution in [0.4, 0.5) is 0 Å². The first-order valence-corrected chi connectivity index (χ1v) is 3.21. The second kappa shape index (κ2) is 2.26. The van der Waals surface area contributed by atoms with Crippen molar-refractivity contribution in [1.82, 2.24) is 15.2 Å². The second-order valence-corrected chi connectivity index (χ2v) is 2.86. The van der Waals surface area contributed by atoms with Crippen LogP contribution < -0.4 is 0 Å². The van der Waals surface area contributed by atoms with E-state index in [9.17, 15) is 0 Å². The van der Waals surface area contributed by atoms with Gasteiger partial charge in [0.15, 0.2) is 0 Å². The predicted molar refractivity (Wildman–Crippen MR) is 33.7 cm³/mol. The molecule has 0 saturated heterocycles. The summed E-state index contributed by atoms with van der Waals surface area (Å²) in [6, 6.07) is 0. The quantitative estimate of drug-likeness (QED) is 0.654. The van der Waals surface area contributed by atoms with Crippen LogP contribution in [-0.2, 0) is 0 Å². The summed E-state index contributed by atoms with van der Waals surface area (Å²) in [5.41, 5.74) is 0.